The van der Waals surface area contributed by atoms with Crippen LogP contribution in [0.15, 0.2) is 18.2 Å². The number of esters is 1. The van der Waals surface area contributed by atoms with Crippen LogP contribution in [0.2, 0.25) is 5.02 Å². The number of nitrogens with one attached hydrogen (secondary N) is 1. The molecule has 0 unspecified atom stereocenters. The van der Waals surface area contributed by atoms with E-state index in [1.54, 1.807) is 12.1 Å². The molecule has 0 aliphatic carbocycles. The third kappa shape index (κ3) is 5.13. The van der Waals surface area contributed by atoms with Crippen LogP contribution < -0.4 is 10.1 Å². The van der Waals surface area contributed by atoms with Crippen molar-refractivity contribution in [2.45, 2.75) is 19.8 Å². The molecule has 0 aromatic heterocycles. The molecule has 1 aromatic carbocycles. The SMILES string of the molecule is Cc1cc(OCCCC(=O)OCC(=O)N2CCNC2=O)ccc1Cl. The monoisotopic (exact) mass is 354 g/mol. The summed E-state index contributed by atoms with van der Waals surface area (Å²) in [4.78, 5) is 35.6. The molecule has 0 atom stereocenters. The highest BCUT2D eigenvalue weighted by Gasteiger charge is 2.26. The number of halogens is 1. The minimum Gasteiger partial charge on any atom is -0.494 e. The van der Waals surface area contributed by atoms with Gasteiger partial charge in [-0.15, -0.1) is 0 Å². The number of ether oxygens (including phenoxy) is 2. The second-order valence-corrected chi connectivity index (χ2v) is 5.71. The van der Waals surface area contributed by atoms with Gasteiger partial charge in [0.05, 0.1) is 6.61 Å². The van der Waals surface area contributed by atoms with Crippen molar-refractivity contribution in [1.82, 2.24) is 10.2 Å². The summed E-state index contributed by atoms with van der Waals surface area (Å²) in [6.07, 6.45) is 0.588. The number of carbonyl (C=O) groups excluding carboxylic acids is 3. The molecule has 1 heterocycles. The molecule has 1 N–H and O–H groups in total. The quantitative estimate of drug-likeness (QED) is 0.597. The van der Waals surface area contributed by atoms with E-state index in [9.17, 15) is 14.4 Å². The van der Waals surface area contributed by atoms with E-state index in [1.807, 2.05) is 13.0 Å². The fraction of sp³-hybridized carbons (Fsp3) is 0.438. The molecule has 1 saturated heterocycles. The van der Waals surface area contributed by atoms with E-state index in [-0.39, 0.29) is 6.42 Å². The van der Waals surface area contributed by atoms with Crippen molar-refractivity contribution in [1.29, 1.82) is 0 Å². The standard InChI is InChI=1S/C16H19ClN2O5/c1-11-9-12(4-5-13(11)17)23-8-2-3-15(21)24-10-14(20)19-7-6-18-16(19)22/h4-5,9H,2-3,6-8,10H2,1H3,(H,18,22). The molecule has 0 saturated carbocycles. The number of rotatable bonds is 7. The number of carbonyl (C=O) groups is 3. The first kappa shape index (κ1) is 18.1. The number of aryl methyl sites for hydroxylation is 1. The maximum absolute atomic E-state index is 11.7. The van der Waals surface area contributed by atoms with Gasteiger partial charge in [-0.2, -0.15) is 0 Å². The molecule has 2 rings (SSSR count). The summed E-state index contributed by atoms with van der Waals surface area (Å²) in [5, 5.41) is 3.17. The zero-order valence-corrected chi connectivity index (χ0v) is 14.1. The van der Waals surface area contributed by atoms with Gasteiger partial charge >= 0.3 is 12.0 Å². The van der Waals surface area contributed by atoms with Crippen molar-refractivity contribution >= 4 is 29.5 Å². The Morgan fingerprint density at radius 2 is 2.17 bits per heavy atom. The molecule has 1 aliphatic heterocycles. The Morgan fingerprint density at radius 1 is 1.38 bits per heavy atom. The summed E-state index contributed by atoms with van der Waals surface area (Å²) in [6.45, 7) is 2.51. The van der Waals surface area contributed by atoms with Crippen LogP contribution >= 0.6 is 11.6 Å². The summed E-state index contributed by atoms with van der Waals surface area (Å²) in [6, 6.07) is 4.87. The Hall–Kier alpha value is -2.28. The van der Waals surface area contributed by atoms with E-state index in [4.69, 9.17) is 21.1 Å². The van der Waals surface area contributed by atoms with E-state index in [2.05, 4.69) is 5.32 Å². The molecule has 1 aliphatic rings. The molecule has 0 radical (unpaired) electrons. The van der Waals surface area contributed by atoms with Gasteiger partial charge in [0.15, 0.2) is 6.61 Å². The number of amides is 3. The second-order valence-electron chi connectivity index (χ2n) is 5.30. The van der Waals surface area contributed by atoms with Crippen molar-refractivity contribution in [3.8, 4) is 5.75 Å². The van der Waals surface area contributed by atoms with Gasteiger partial charge in [0, 0.05) is 24.5 Å². The highest BCUT2D eigenvalue weighted by atomic mass is 35.5. The Balaban J connectivity index is 1.62. The first-order chi connectivity index (χ1) is 11.5. The third-order valence-electron chi connectivity index (χ3n) is 3.44. The Labute approximate surface area is 144 Å². The van der Waals surface area contributed by atoms with Crippen molar-refractivity contribution < 1.29 is 23.9 Å². The maximum Gasteiger partial charge on any atom is 0.324 e. The molecule has 3 amide bonds. The van der Waals surface area contributed by atoms with Crippen molar-refractivity contribution in [3.05, 3.63) is 28.8 Å². The van der Waals surface area contributed by atoms with Crippen LogP contribution in [0.3, 0.4) is 0 Å². The molecule has 0 spiro atoms. The number of benzene rings is 1. The molecule has 130 valence electrons. The topological polar surface area (TPSA) is 84.9 Å². The van der Waals surface area contributed by atoms with Crippen LogP contribution in [-0.2, 0) is 14.3 Å². The van der Waals surface area contributed by atoms with Gasteiger partial charge in [0.25, 0.3) is 5.91 Å². The van der Waals surface area contributed by atoms with Gasteiger partial charge in [0.2, 0.25) is 0 Å². The highest BCUT2D eigenvalue weighted by molar-refractivity contribution is 6.31. The first-order valence-electron chi connectivity index (χ1n) is 7.60. The van der Waals surface area contributed by atoms with E-state index in [0.29, 0.717) is 36.9 Å². The largest absolute Gasteiger partial charge is 0.494 e. The van der Waals surface area contributed by atoms with Crippen LogP contribution in [0.1, 0.15) is 18.4 Å². The van der Waals surface area contributed by atoms with Crippen LogP contribution in [0.25, 0.3) is 0 Å². The number of urea groups is 1. The molecule has 24 heavy (non-hydrogen) atoms. The second kappa shape index (κ2) is 8.54. The zero-order chi connectivity index (χ0) is 17.5. The number of imide groups is 1. The predicted molar refractivity (Wildman–Crippen MR) is 87.0 cm³/mol. The first-order valence-corrected chi connectivity index (χ1v) is 7.98. The summed E-state index contributed by atoms with van der Waals surface area (Å²) in [5.41, 5.74) is 0.915. The fourth-order valence-electron chi connectivity index (χ4n) is 2.12. The molecule has 1 fully saturated rings. The number of hydrogen-bond donors (Lipinski definition) is 1. The van der Waals surface area contributed by atoms with Crippen LogP contribution in [0, 0.1) is 6.92 Å². The summed E-state index contributed by atoms with van der Waals surface area (Å²) >= 11 is 5.93. The Morgan fingerprint density at radius 3 is 2.83 bits per heavy atom. The molecular weight excluding hydrogens is 336 g/mol. The molecule has 8 heteroatoms. The van der Waals surface area contributed by atoms with E-state index in [1.165, 1.54) is 0 Å². The smallest absolute Gasteiger partial charge is 0.324 e. The van der Waals surface area contributed by atoms with Gasteiger partial charge in [-0.3, -0.25) is 14.5 Å². The average molecular weight is 355 g/mol. The lowest BCUT2D eigenvalue weighted by Crippen LogP contribution is -2.37. The summed E-state index contributed by atoms with van der Waals surface area (Å²) < 4.78 is 10.4. The zero-order valence-electron chi connectivity index (χ0n) is 13.3. The van der Waals surface area contributed by atoms with Crippen LogP contribution in [-0.4, -0.2) is 49.1 Å². The number of nitrogens with zero attached hydrogens (tertiary/aromatic N) is 1. The summed E-state index contributed by atoms with van der Waals surface area (Å²) in [5.74, 6) is -0.342. The van der Waals surface area contributed by atoms with Crippen molar-refractivity contribution in [3.63, 3.8) is 0 Å². The van der Waals surface area contributed by atoms with Gasteiger partial charge in [0.1, 0.15) is 5.75 Å². The van der Waals surface area contributed by atoms with E-state index < -0.39 is 24.5 Å². The van der Waals surface area contributed by atoms with Gasteiger partial charge in [-0.25, -0.2) is 4.79 Å². The molecular formula is C16H19ClN2O5. The maximum atomic E-state index is 11.7. The lowest BCUT2D eigenvalue weighted by atomic mass is 10.2. The normalized spacial score (nSPS) is 13.6. The molecule has 0 bridgehead atoms. The lowest BCUT2D eigenvalue weighted by Gasteiger charge is -2.12. The highest BCUT2D eigenvalue weighted by Crippen LogP contribution is 2.21. The average Bonchev–Trinajstić information content (AvgIpc) is 2.98. The van der Waals surface area contributed by atoms with Gasteiger partial charge < -0.3 is 14.8 Å². The van der Waals surface area contributed by atoms with E-state index >= 15 is 0 Å². The summed E-state index contributed by atoms with van der Waals surface area (Å²) in [7, 11) is 0. The third-order valence-corrected chi connectivity index (χ3v) is 3.86. The predicted octanol–water partition coefficient (Wildman–Crippen LogP) is 1.90. The van der Waals surface area contributed by atoms with Crippen LogP contribution in [0.4, 0.5) is 4.79 Å². The minimum atomic E-state index is -0.522. The molecule has 1 aromatic rings. The molecule has 7 nitrogen and oxygen atoms in total. The van der Waals surface area contributed by atoms with E-state index in [0.717, 1.165) is 10.5 Å². The van der Waals surface area contributed by atoms with Crippen LogP contribution in [0.5, 0.6) is 5.75 Å². The van der Waals surface area contributed by atoms with Crippen molar-refractivity contribution in [2.75, 3.05) is 26.3 Å². The Bertz CT molecular complexity index is 635. The Kier molecular flexibility index (Phi) is 6.43. The minimum absolute atomic E-state index is 0.131. The lowest BCUT2D eigenvalue weighted by molar-refractivity contribution is -0.150. The van der Waals surface area contributed by atoms with Crippen molar-refractivity contribution in [2.24, 2.45) is 0 Å². The van der Waals surface area contributed by atoms with Gasteiger partial charge in [-0.05, 0) is 37.1 Å². The fourth-order valence-corrected chi connectivity index (χ4v) is 2.23. The number of hydrogen-bond acceptors (Lipinski definition) is 5. The van der Waals surface area contributed by atoms with Gasteiger partial charge in [-0.1, -0.05) is 11.6 Å².